The summed E-state index contributed by atoms with van der Waals surface area (Å²) in [6.45, 7) is 5.56. The van der Waals surface area contributed by atoms with E-state index in [0.717, 1.165) is 25.8 Å². The molecule has 4 atom stereocenters. The van der Waals surface area contributed by atoms with Crippen molar-refractivity contribution in [1.82, 2.24) is 15.5 Å². The van der Waals surface area contributed by atoms with Crippen LogP contribution in [0.15, 0.2) is 0 Å². The van der Waals surface area contributed by atoms with Crippen LogP contribution in [0.5, 0.6) is 0 Å². The molecular formula is C15H27N3O3. The number of fused-ring (bicyclic) bond motifs is 2. The Morgan fingerprint density at radius 3 is 2.57 bits per heavy atom. The number of hydrogen-bond donors (Lipinski definition) is 3. The molecule has 6 heteroatoms. The standard InChI is InChI=1S/C15H27N3O3/c1-9(2)18(3)7-6-16-15(21)17-13-11-5-4-10(8-11)12(13)14(19)20/h9-13H,4-8H2,1-3H3,(H,19,20)(H2,16,17,21). The Morgan fingerprint density at radius 1 is 1.29 bits per heavy atom. The van der Waals surface area contributed by atoms with Gasteiger partial charge in [0.2, 0.25) is 0 Å². The van der Waals surface area contributed by atoms with Crippen LogP contribution < -0.4 is 10.6 Å². The van der Waals surface area contributed by atoms with Crippen LogP contribution in [0.1, 0.15) is 33.1 Å². The third-order valence-corrected chi connectivity index (χ3v) is 5.13. The number of rotatable bonds is 6. The molecule has 2 fully saturated rings. The maximum absolute atomic E-state index is 12.0. The van der Waals surface area contributed by atoms with Crippen molar-refractivity contribution in [2.75, 3.05) is 20.1 Å². The number of aliphatic carboxylic acids is 1. The quantitative estimate of drug-likeness (QED) is 0.686. The lowest BCUT2D eigenvalue weighted by atomic mass is 9.84. The summed E-state index contributed by atoms with van der Waals surface area (Å²) in [5, 5.41) is 15.1. The summed E-state index contributed by atoms with van der Waals surface area (Å²) < 4.78 is 0. The minimum atomic E-state index is -0.771. The number of carboxylic acid groups (broad SMARTS) is 1. The summed E-state index contributed by atoms with van der Waals surface area (Å²) in [5.74, 6) is -0.607. The molecule has 2 amide bonds. The lowest BCUT2D eigenvalue weighted by Crippen LogP contribution is -2.51. The molecular weight excluding hydrogens is 270 g/mol. The van der Waals surface area contributed by atoms with Gasteiger partial charge in [-0.2, -0.15) is 0 Å². The molecule has 2 rings (SSSR count). The van der Waals surface area contributed by atoms with E-state index in [0.29, 0.717) is 18.5 Å². The second kappa shape index (κ2) is 6.64. The molecule has 0 aliphatic heterocycles. The molecule has 120 valence electrons. The minimum Gasteiger partial charge on any atom is -0.481 e. The fourth-order valence-electron chi connectivity index (χ4n) is 3.66. The largest absolute Gasteiger partial charge is 0.481 e. The molecule has 2 bridgehead atoms. The third kappa shape index (κ3) is 3.67. The number of amides is 2. The summed E-state index contributed by atoms with van der Waals surface area (Å²) in [5.41, 5.74) is 0. The van der Waals surface area contributed by atoms with E-state index in [1.807, 2.05) is 7.05 Å². The molecule has 6 nitrogen and oxygen atoms in total. The maximum Gasteiger partial charge on any atom is 0.315 e. The van der Waals surface area contributed by atoms with E-state index in [1.165, 1.54) is 0 Å². The predicted octanol–water partition coefficient (Wildman–Crippen LogP) is 1.13. The van der Waals surface area contributed by atoms with Crippen molar-refractivity contribution in [3.63, 3.8) is 0 Å². The zero-order valence-electron chi connectivity index (χ0n) is 13.1. The Kier molecular flexibility index (Phi) is 5.08. The van der Waals surface area contributed by atoms with E-state index in [-0.39, 0.29) is 18.0 Å². The number of nitrogens with one attached hydrogen (secondary N) is 2. The summed E-state index contributed by atoms with van der Waals surface area (Å²) in [6, 6.07) is -0.00291. The second-order valence-corrected chi connectivity index (χ2v) is 6.70. The van der Waals surface area contributed by atoms with Crippen LogP contribution in [-0.4, -0.2) is 54.2 Å². The van der Waals surface area contributed by atoms with Crippen LogP contribution in [0, 0.1) is 17.8 Å². The van der Waals surface area contributed by atoms with Gasteiger partial charge in [0.25, 0.3) is 0 Å². The number of carboxylic acids is 1. The Labute approximate surface area is 126 Å². The van der Waals surface area contributed by atoms with E-state index in [9.17, 15) is 14.7 Å². The van der Waals surface area contributed by atoms with Gasteiger partial charge in [0.1, 0.15) is 0 Å². The van der Waals surface area contributed by atoms with Crippen molar-refractivity contribution >= 4 is 12.0 Å². The van der Waals surface area contributed by atoms with Crippen molar-refractivity contribution in [2.24, 2.45) is 17.8 Å². The molecule has 0 saturated heterocycles. The van der Waals surface area contributed by atoms with Gasteiger partial charge in [0.15, 0.2) is 0 Å². The molecule has 21 heavy (non-hydrogen) atoms. The first kappa shape index (κ1) is 16.1. The fraction of sp³-hybridized carbons (Fsp3) is 0.867. The van der Waals surface area contributed by atoms with Crippen molar-refractivity contribution in [2.45, 2.75) is 45.2 Å². The molecule has 0 aromatic carbocycles. The summed E-state index contributed by atoms with van der Waals surface area (Å²) in [4.78, 5) is 25.5. The summed E-state index contributed by atoms with van der Waals surface area (Å²) in [7, 11) is 2.01. The smallest absolute Gasteiger partial charge is 0.315 e. The maximum atomic E-state index is 12.0. The minimum absolute atomic E-state index is 0.205. The van der Waals surface area contributed by atoms with Crippen LogP contribution >= 0.6 is 0 Å². The van der Waals surface area contributed by atoms with Crippen molar-refractivity contribution < 1.29 is 14.7 Å². The first-order chi connectivity index (χ1) is 9.90. The molecule has 4 unspecified atom stereocenters. The third-order valence-electron chi connectivity index (χ3n) is 5.13. The van der Waals surface area contributed by atoms with Crippen LogP contribution in [0.2, 0.25) is 0 Å². The van der Waals surface area contributed by atoms with E-state index < -0.39 is 11.9 Å². The monoisotopic (exact) mass is 297 g/mol. The van der Waals surface area contributed by atoms with Crippen LogP contribution in [0.3, 0.4) is 0 Å². The number of carbonyl (C=O) groups excluding carboxylic acids is 1. The Balaban J connectivity index is 1.78. The Bertz CT molecular complexity index is 400. The number of carbonyl (C=O) groups is 2. The summed E-state index contributed by atoms with van der Waals surface area (Å²) >= 11 is 0. The van der Waals surface area contributed by atoms with Gasteiger partial charge in [-0.1, -0.05) is 0 Å². The van der Waals surface area contributed by atoms with Gasteiger partial charge in [0, 0.05) is 25.2 Å². The van der Waals surface area contributed by atoms with Crippen molar-refractivity contribution in [3.8, 4) is 0 Å². The predicted molar refractivity (Wildman–Crippen MR) is 80.0 cm³/mol. The van der Waals surface area contributed by atoms with Gasteiger partial charge in [-0.3, -0.25) is 4.79 Å². The number of hydrogen-bond acceptors (Lipinski definition) is 3. The lowest BCUT2D eigenvalue weighted by Gasteiger charge is -2.29. The van der Waals surface area contributed by atoms with Gasteiger partial charge < -0.3 is 20.6 Å². The molecule has 2 aliphatic carbocycles. The van der Waals surface area contributed by atoms with Gasteiger partial charge in [0.05, 0.1) is 5.92 Å². The van der Waals surface area contributed by atoms with Gasteiger partial charge in [-0.25, -0.2) is 4.79 Å². The van der Waals surface area contributed by atoms with Gasteiger partial charge in [-0.15, -0.1) is 0 Å². The second-order valence-electron chi connectivity index (χ2n) is 6.70. The molecule has 0 aromatic heterocycles. The molecule has 0 aromatic rings. The Hall–Kier alpha value is -1.30. The molecule has 3 N–H and O–H groups in total. The highest BCUT2D eigenvalue weighted by Crippen LogP contribution is 2.48. The lowest BCUT2D eigenvalue weighted by molar-refractivity contribution is -0.144. The highest BCUT2D eigenvalue weighted by atomic mass is 16.4. The highest BCUT2D eigenvalue weighted by Gasteiger charge is 2.51. The van der Waals surface area contributed by atoms with Crippen LogP contribution in [0.4, 0.5) is 4.79 Å². The first-order valence-corrected chi connectivity index (χ1v) is 7.87. The molecule has 0 radical (unpaired) electrons. The normalized spacial score (nSPS) is 30.9. The van der Waals surface area contributed by atoms with Gasteiger partial charge >= 0.3 is 12.0 Å². The number of nitrogens with zero attached hydrogens (tertiary/aromatic N) is 1. The van der Waals surface area contributed by atoms with Crippen LogP contribution in [0.25, 0.3) is 0 Å². The van der Waals surface area contributed by atoms with E-state index in [1.54, 1.807) is 0 Å². The zero-order chi connectivity index (χ0) is 15.6. The molecule has 0 spiro atoms. The number of urea groups is 1. The topological polar surface area (TPSA) is 81.7 Å². The average molecular weight is 297 g/mol. The molecule has 0 heterocycles. The van der Waals surface area contributed by atoms with E-state index >= 15 is 0 Å². The molecule has 2 aliphatic rings. The average Bonchev–Trinajstić information content (AvgIpc) is 2.98. The fourth-order valence-corrected chi connectivity index (χ4v) is 3.66. The van der Waals surface area contributed by atoms with Crippen molar-refractivity contribution in [1.29, 1.82) is 0 Å². The van der Waals surface area contributed by atoms with Crippen LogP contribution in [-0.2, 0) is 4.79 Å². The Morgan fingerprint density at radius 2 is 1.95 bits per heavy atom. The van der Waals surface area contributed by atoms with E-state index in [2.05, 4.69) is 29.4 Å². The summed E-state index contributed by atoms with van der Waals surface area (Å²) in [6.07, 6.45) is 2.97. The van der Waals surface area contributed by atoms with Crippen molar-refractivity contribution in [3.05, 3.63) is 0 Å². The molecule has 2 saturated carbocycles. The highest BCUT2D eigenvalue weighted by molar-refractivity contribution is 5.77. The van der Waals surface area contributed by atoms with Gasteiger partial charge in [-0.05, 0) is 52.0 Å². The zero-order valence-corrected chi connectivity index (χ0v) is 13.1. The first-order valence-electron chi connectivity index (χ1n) is 7.87. The number of likely N-dealkylation sites (N-methyl/N-ethyl adjacent to an activating group) is 1. The van der Waals surface area contributed by atoms with E-state index in [4.69, 9.17) is 0 Å². The SMILES string of the molecule is CC(C)N(C)CCNC(=O)NC1C2CCC(C2)C1C(=O)O.